The molecule has 154 valence electrons. The van der Waals surface area contributed by atoms with Crippen molar-refractivity contribution >= 4 is 15.7 Å². The van der Waals surface area contributed by atoms with Crippen molar-refractivity contribution in [3.63, 3.8) is 0 Å². The van der Waals surface area contributed by atoms with E-state index in [1.807, 2.05) is 48.5 Å². The third-order valence-electron chi connectivity index (χ3n) is 4.90. The quantitative estimate of drug-likeness (QED) is 0.717. The standard InChI is InChI=1S/C22H25NO5S/c1-27-19-7-3-16(4-8-19)13-21(18-5-9-20(28-2)10-6-18)23-22(24)14-17-11-12-29(25,26)15-17/h3-12,17,21H,13-15H2,1-2H3,(H,23,24)/t17-,21-/m0/s1. The van der Waals surface area contributed by atoms with Gasteiger partial charge in [0, 0.05) is 17.7 Å². The molecule has 2 atom stereocenters. The average Bonchev–Trinajstić information content (AvgIpc) is 3.06. The van der Waals surface area contributed by atoms with E-state index in [1.165, 1.54) is 5.41 Å². The lowest BCUT2D eigenvalue weighted by atomic mass is 9.98. The first-order chi connectivity index (χ1) is 13.9. The maximum atomic E-state index is 12.6. The van der Waals surface area contributed by atoms with Crippen LogP contribution in [0.4, 0.5) is 0 Å². The van der Waals surface area contributed by atoms with E-state index in [0.717, 1.165) is 22.6 Å². The number of benzene rings is 2. The molecule has 0 aliphatic carbocycles. The maximum absolute atomic E-state index is 12.6. The van der Waals surface area contributed by atoms with E-state index in [4.69, 9.17) is 9.47 Å². The Morgan fingerprint density at radius 2 is 1.62 bits per heavy atom. The lowest BCUT2D eigenvalue weighted by Gasteiger charge is -2.21. The number of methoxy groups -OCH3 is 2. The first kappa shape index (κ1) is 20.9. The zero-order chi connectivity index (χ0) is 20.9. The minimum Gasteiger partial charge on any atom is -0.497 e. The first-order valence-electron chi connectivity index (χ1n) is 9.36. The number of hydrogen-bond donors (Lipinski definition) is 1. The zero-order valence-electron chi connectivity index (χ0n) is 16.5. The molecule has 1 aliphatic heterocycles. The van der Waals surface area contributed by atoms with Crippen LogP contribution in [0.25, 0.3) is 0 Å². The average molecular weight is 416 g/mol. The number of amides is 1. The van der Waals surface area contributed by atoms with Gasteiger partial charge in [0.2, 0.25) is 5.91 Å². The summed E-state index contributed by atoms with van der Waals surface area (Å²) in [6.45, 7) is 0. The second kappa shape index (κ2) is 9.13. The molecule has 0 fully saturated rings. The predicted octanol–water partition coefficient (Wildman–Crippen LogP) is 3.05. The van der Waals surface area contributed by atoms with Crippen LogP contribution in [0.1, 0.15) is 23.6 Å². The van der Waals surface area contributed by atoms with Gasteiger partial charge in [-0.15, -0.1) is 0 Å². The van der Waals surface area contributed by atoms with E-state index in [9.17, 15) is 13.2 Å². The lowest BCUT2D eigenvalue weighted by Crippen LogP contribution is -2.31. The van der Waals surface area contributed by atoms with Crippen molar-refractivity contribution in [1.82, 2.24) is 5.32 Å². The molecular weight excluding hydrogens is 390 g/mol. The largest absolute Gasteiger partial charge is 0.497 e. The fourth-order valence-electron chi connectivity index (χ4n) is 3.34. The monoisotopic (exact) mass is 415 g/mol. The molecular formula is C22H25NO5S. The molecule has 0 spiro atoms. The minimum atomic E-state index is -3.17. The van der Waals surface area contributed by atoms with Gasteiger partial charge < -0.3 is 14.8 Å². The van der Waals surface area contributed by atoms with E-state index in [1.54, 1.807) is 20.3 Å². The summed E-state index contributed by atoms with van der Waals surface area (Å²) in [5.41, 5.74) is 2.00. The number of ether oxygens (including phenoxy) is 2. The molecule has 1 amide bonds. The Bertz CT molecular complexity index is 965. The van der Waals surface area contributed by atoms with Crippen molar-refractivity contribution in [2.45, 2.75) is 18.9 Å². The molecule has 0 saturated carbocycles. The van der Waals surface area contributed by atoms with E-state index < -0.39 is 9.84 Å². The molecule has 7 heteroatoms. The lowest BCUT2D eigenvalue weighted by molar-refractivity contribution is -0.122. The van der Waals surface area contributed by atoms with Crippen LogP contribution < -0.4 is 14.8 Å². The zero-order valence-corrected chi connectivity index (χ0v) is 17.3. The minimum absolute atomic E-state index is 0.00783. The van der Waals surface area contributed by atoms with Crippen LogP contribution in [-0.2, 0) is 21.1 Å². The summed E-state index contributed by atoms with van der Waals surface area (Å²) in [7, 11) is 0.0531. The van der Waals surface area contributed by atoms with Gasteiger partial charge in [0.25, 0.3) is 0 Å². The van der Waals surface area contributed by atoms with Gasteiger partial charge in [0.05, 0.1) is 26.0 Å². The van der Waals surface area contributed by atoms with Crippen LogP contribution in [0.5, 0.6) is 11.5 Å². The predicted molar refractivity (Wildman–Crippen MR) is 112 cm³/mol. The Morgan fingerprint density at radius 3 is 2.14 bits per heavy atom. The third kappa shape index (κ3) is 5.84. The van der Waals surface area contributed by atoms with Gasteiger partial charge in [0.15, 0.2) is 9.84 Å². The maximum Gasteiger partial charge on any atom is 0.221 e. The Hall–Kier alpha value is -2.80. The summed E-state index contributed by atoms with van der Waals surface area (Å²) in [5.74, 6) is 1.05. The summed E-state index contributed by atoms with van der Waals surface area (Å²) in [4.78, 5) is 12.6. The number of nitrogens with one attached hydrogen (secondary N) is 1. The highest BCUT2D eigenvalue weighted by Gasteiger charge is 2.25. The summed E-state index contributed by atoms with van der Waals surface area (Å²) in [6, 6.07) is 15.0. The van der Waals surface area contributed by atoms with Crippen LogP contribution in [-0.4, -0.2) is 34.3 Å². The molecule has 1 heterocycles. The van der Waals surface area contributed by atoms with Crippen LogP contribution in [0.15, 0.2) is 60.0 Å². The van der Waals surface area contributed by atoms with Gasteiger partial charge >= 0.3 is 0 Å². The van der Waals surface area contributed by atoms with Gasteiger partial charge in [-0.2, -0.15) is 0 Å². The second-order valence-corrected chi connectivity index (χ2v) is 9.00. The highest BCUT2D eigenvalue weighted by atomic mass is 32.2. The SMILES string of the molecule is COc1ccc(C[C@H](NC(=O)C[C@@H]2C=CS(=O)(=O)C2)c2ccc(OC)cc2)cc1. The van der Waals surface area contributed by atoms with E-state index >= 15 is 0 Å². The van der Waals surface area contributed by atoms with Crippen molar-refractivity contribution in [2.24, 2.45) is 5.92 Å². The molecule has 6 nitrogen and oxygen atoms in total. The van der Waals surface area contributed by atoms with Gasteiger partial charge in [0.1, 0.15) is 11.5 Å². The molecule has 0 saturated heterocycles. The molecule has 0 unspecified atom stereocenters. The first-order valence-corrected chi connectivity index (χ1v) is 11.1. The van der Waals surface area contributed by atoms with Gasteiger partial charge in [-0.1, -0.05) is 30.3 Å². The topological polar surface area (TPSA) is 81.7 Å². The number of rotatable bonds is 8. The summed E-state index contributed by atoms with van der Waals surface area (Å²) in [5, 5.41) is 4.26. The highest BCUT2D eigenvalue weighted by Crippen LogP contribution is 2.24. The molecule has 2 aromatic carbocycles. The summed E-state index contributed by atoms with van der Waals surface area (Å²) in [6.07, 6.45) is 2.34. The van der Waals surface area contributed by atoms with Crippen molar-refractivity contribution in [3.05, 3.63) is 71.1 Å². The fourth-order valence-corrected chi connectivity index (χ4v) is 4.74. The van der Waals surface area contributed by atoms with Crippen molar-refractivity contribution in [1.29, 1.82) is 0 Å². The smallest absolute Gasteiger partial charge is 0.221 e. The van der Waals surface area contributed by atoms with Crippen molar-refractivity contribution < 1.29 is 22.7 Å². The number of allylic oxidation sites excluding steroid dienone is 1. The molecule has 3 rings (SSSR count). The number of carbonyl (C=O) groups excluding carboxylic acids is 1. The molecule has 2 aromatic rings. The Labute approximate surface area is 171 Å². The Morgan fingerprint density at radius 1 is 1.03 bits per heavy atom. The van der Waals surface area contributed by atoms with E-state index in [2.05, 4.69) is 5.32 Å². The van der Waals surface area contributed by atoms with Crippen LogP contribution in [0.2, 0.25) is 0 Å². The Kier molecular flexibility index (Phi) is 6.59. The number of sulfone groups is 1. The molecule has 1 aliphatic rings. The van der Waals surface area contributed by atoms with E-state index in [0.29, 0.717) is 6.42 Å². The van der Waals surface area contributed by atoms with Crippen LogP contribution in [0.3, 0.4) is 0 Å². The third-order valence-corrected chi connectivity index (χ3v) is 6.37. The summed E-state index contributed by atoms with van der Waals surface area (Å²) >= 11 is 0. The Balaban J connectivity index is 1.74. The van der Waals surface area contributed by atoms with Gasteiger partial charge in [-0.3, -0.25) is 4.79 Å². The summed E-state index contributed by atoms with van der Waals surface area (Å²) < 4.78 is 33.6. The fraction of sp³-hybridized carbons (Fsp3) is 0.318. The number of carbonyl (C=O) groups is 1. The van der Waals surface area contributed by atoms with Crippen molar-refractivity contribution in [2.75, 3.05) is 20.0 Å². The second-order valence-electron chi connectivity index (χ2n) is 7.07. The van der Waals surface area contributed by atoms with Crippen molar-refractivity contribution in [3.8, 4) is 11.5 Å². The molecule has 0 bridgehead atoms. The van der Waals surface area contributed by atoms with Crippen LogP contribution in [0, 0.1) is 5.92 Å². The molecule has 0 radical (unpaired) electrons. The highest BCUT2D eigenvalue weighted by molar-refractivity contribution is 7.94. The molecule has 0 aromatic heterocycles. The van der Waals surface area contributed by atoms with Crippen LogP contribution >= 0.6 is 0 Å². The van der Waals surface area contributed by atoms with Gasteiger partial charge in [-0.25, -0.2) is 8.42 Å². The molecule has 29 heavy (non-hydrogen) atoms. The number of hydrogen-bond acceptors (Lipinski definition) is 5. The molecule has 1 N–H and O–H groups in total. The van der Waals surface area contributed by atoms with Gasteiger partial charge in [-0.05, 0) is 41.8 Å². The van der Waals surface area contributed by atoms with E-state index in [-0.39, 0.29) is 30.0 Å². The normalized spacial score (nSPS) is 18.2.